The molecule has 0 bridgehead atoms. The van der Waals surface area contributed by atoms with Crippen LogP contribution in [0.2, 0.25) is 0 Å². The minimum Gasteiger partial charge on any atom is -0.344 e. The van der Waals surface area contributed by atoms with Gasteiger partial charge in [-0.15, -0.1) is 0 Å². The number of nitrogens with zero attached hydrogens (tertiary/aromatic N) is 1. The highest BCUT2D eigenvalue weighted by molar-refractivity contribution is 7.80. The van der Waals surface area contributed by atoms with Crippen LogP contribution in [0.4, 0.5) is 0 Å². The van der Waals surface area contributed by atoms with E-state index in [0.717, 1.165) is 0 Å². The Hall–Kier alpha value is -0.710. The summed E-state index contributed by atoms with van der Waals surface area (Å²) < 4.78 is 0. The van der Waals surface area contributed by atoms with Crippen molar-refractivity contribution in [1.29, 1.82) is 0 Å². The Labute approximate surface area is 96.8 Å². The lowest BCUT2D eigenvalue weighted by Crippen LogP contribution is -2.51. The fourth-order valence-electron chi connectivity index (χ4n) is 1.41. The summed E-state index contributed by atoms with van der Waals surface area (Å²) in [5, 5.41) is 2.59. The van der Waals surface area contributed by atoms with Crippen molar-refractivity contribution in [2.75, 3.05) is 12.3 Å². The van der Waals surface area contributed by atoms with Crippen LogP contribution in [-0.2, 0) is 9.59 Å². The van der Waals surface area contributed by atoms with Crippen LogP contribution < -0.4 is 5.32 Å². The van der Waals surface area contributed by atoms with Crippen LogP contribution in [0.25, 0.3) is 0 Å². The van der Waals surface area contributed by atoms with E-state index in [2.05, 4.69) is 17.9 Å². The standard InChI is InChI=1S/C10H20N2O2S/c1-5-12(7(2)3)10(14)9(6-15)11-8(4)13/h7,9,15H,5-6H2,1-4H3,(H,11,13). The van der Waals surface area contributed by atoms with Crippen molar-refractivity contribution < 1.29 is 9.59 Å². The first-order valence-corrected chi connectivity index (χ1v) is 5.75. The maximum Gasteiger partial charge on any atom is 0.246 e. The Bertz CT molecular complexity index is 231. The van der Waals surface area contributed by atoms with Gasteiger partial charge in [0.05, 0.1) is 0 Å². The molecule has 0 aliphatic heterocycles. The van der Waals surface area contributed by atoms with Gasteiger partial charge in [0, 0.05) is 25.3 Å². The van der Waals surface area contributed by atoms with Crippen LogP contribution in [0, 0.1) is 0 Å². The second kappa shape index (κ2) is 6.71. The zero-order valence-corrected chi connectivity index (χ0v) is 10.7. The first-order chi connectivity index (χ1) is 6.93. The van der Waals surface area contributed by atoms with E-state index in [0.29, 0.717) is 12.3 Å². The van der Waals surface area contributed by atoms with Gasteiger partial charge in [0.1, 0.15) is 6.04 Å². The second-order valence-electron chi connectivity index (χ2n) is 3.65. The van der Waals surface area contributed by atoms with Crippen LogP contribution in [0.1, 0.15) is 27.7 Å². The van der Waals surface area contributed by atoms with Crippen molar-refractivity contribution in [3.8, 4) is 0 Å². The predicted molar refractivity (Wildman–Crippen MR) is 64.0 cm³/mol. The van der Waals surface area contributed by atoms with Crippen LogP contribution in [0.3, 0.4) is 0 Å². The van der Waals surface area contributed by atoms with Gasteiger partial charge < -0.3 is 10.2 Å². The summed E-state index contributed by atoms with van der Waals surface area (Å²) in [7, 11) is 0. The molecular formula is C10H20N2O2S. The largest absolute Gasteiger partial charge is 0.344 e. The summed E-state index contributed by atoms with van der Waals surface area (Å²) in [4.78, 5) is 24.5. The number of carbonyl (C=O) groups is 2. The van der Waals surface area contributed by atoms with Crippen LogP contribution in [-0.4, -0.2) is 41.1 Å². The van der Waals surface area contributed by atoms with Gasteiger partial charge >= 0.3 is 0 Å². The van der Waals surface area contributed by atoms with Crippen LogP contribution in [0.15, 0.2) is 0 Å². The third-order valence-electron chi connectivity index (χ3n) is 2.11. The monoisotopic (exact) mass is 232 g/mol. The van der Waals surface area contributed by atoms with Gasteiger partial charge in [0.2, 0.25) is 11.8 Å². The molecule has 0 spiro atoms. The first kappa shape index (κ1) is 14.3. The van der Waals surface area contributed by atoms with Gasteiger partial charge in [-0.2, -0.15) is 12.6 Å². The molecule has 0 aromatic heterocycles. The molecule has 0 fully saturated rings. The molecule has 4 nitrogen and oxygen atoms in total. The maximum absolute atomic E-state index is 11.9. The molecule has 0 saturated carbocycles. The minimum atomic E-state index is -0.520. The lowest BCUT2D eigenvalue weighted by atomic mass is 10.2. The van der Waals surface area contributed by atoms with E-state index in [4.69, 9.17) is 0 Å². The Balaban J connectivity index is 4.54. The van der Waals surface area contributed by atoms with E-state index >= 15 is 0 Å². The molecule has 2 amide bonds. The Morgan fingerprint density at radius 1 is 1.40 bits per heavy atom. The SMILES string of the molecule is CCN(C(=O)C(CS)NC(C)=O)C(C)C. The summed E-state index contributed by atoms with van der Waals surface area (Å²) in [6.07, 6.45) is 0. The summed E-state index contributed by atoms with van der Waals surface area (Å²) in [6.45, 7) is 7.85. The molecule has 0 aliphatic rings. The molecule has 1 N–H and O–H groups in total. The Morgan fingerprint density at radius 2 is 1.93 bits per heavy atom. The molecule has 1 unspecified atom stereocenters. The third-order valence-corrected chi connectivity index (χ3v) is 2.47. The minimum absolute atomic E-state index is 0.0716. The number of amides is 2. The quantitative estimate of drug-likeness (QED) is 0.685. The van der Waals surface area contributed by atoms with Crippen molar-refractivity contribution in [3.05, 3.63) is 0 Å². The molecule has 0 heterocycles. The molecule has 0 radical (unpaired) electrons. The van der Waals surface area contributed by atoms with Crippen molar-refractivity contribution in [1.82, 2.24) is 10.2 Å². The zero-order valence-electron chi connectivity index (χ0n) is 9.78. The van der Waals surface area contributed by atoms with E-state index in [9.17, 15) is 9.59 Å². The summed E-state index contributed by atoms with van der Waals surface area (Å²) in [6, 6.07) is -0.383. The summed E-state index contributed by atoms with van der Waals surface area (Å²) in [5.41, 5.74) is 0. The Kier molecular flexibility index (Phi) is 6.40. The van der Waals surface area contributed by atoms with E-state index in [1.54, 1.807) is 4.90 Å². The number of nitrogens with one attached hydrogen (secondary N) is 1. The molecule has 0 aromatic carbocycles. The zero-order chi connectivity index (χ0) is 12.0. The molecule has 5 heteroatoms. The lowest BCUT2D eigenvalue weighted by molar-refractivity contribution is -0.136. The first-order valence-electron chi connectivity index (χ1n) is 5.12. The van der Waals surface area contributed by atoms with Gasteiger partial charge in [-0.1, -0.05) is 0 Å². The van der Waals surface area contributed by atoms with Gasteiger partial charge in [0.25, 0.3) is 0 Å². The average molecular weight is 232 g/mol. The highest BCUT2D eigenvalue weighted by Gasteiger charge is 2.24. The maximum atomic E-state index is 11.9. The van der Waals surface area contributed by atoms with E-state index in [-0.39, 0.29) is 17.9 Å². The number of hydrogen-bond donors (Lipinski definition) is 2. The number of likely N-dealkylation sites (N-methyl/N-ethyl adjacent to an activating group) is 1. The number of thiol groups is 1. The highest BCUT2D eigenvalue weighted by Crippen LogP contribution is 2.03. The molecule has 15 heavy (non-hydrogen) atoms. The van der Waals surface area contributed by atoms with Crippen molar-refractivity contribution in [2.24, 2.45) is 0 Å². The number of carbonyl (C=O) groups excluding carboxylic acids is 2. The normalized spacial score (nSPS) is 12.4. The van der Waals surface area contributed by atoms with Gasteiger partial charge in [-0.05, 0) is 20.8 Å². The van der Waals surface area contributed by atoms with Gasteiger partial charge in [-0.25, -0.2) is 0 Å². The van der Waals surface area contributed by atoms with E-state index < -0.39 is 6.04 Å². The van der Waals surface area contributed by atoms with Crippen molar-refractivity contribution in [3.63, 3.8) is 0 Å². The van der Waals surface area contributed by atoms with Crippen molar-refractivity contribution in [2.45, 2.75) is 39.8 Å². The fraction of sp³-hybridized carbons (Fsp3) is 0.800. The predicted octanol–water partition coefficient (Wildman–Crippen LogP) is 0.678. The molecule has 0 rings (SSSR count). The second-order valence-corrected chi connectivity index (χ2v) is 4.02. The summed E-state index contributed by atoms with van der Waals surface area (Å²) in [5.74, 6) is 0.0432. The Morgan fingerprint density at radius 3 is 2.20 bits per heavy atom. The van der Waals surface area contributed by atoms with E-state index in [1.807, 2.05) is 20.8 Å². The van der Waals surface area contributed by atoms with E-state index in [1.165, 1.54) is 6.92 Å². The molecular weight excluding hydrogens is 212 g/mol. The van der Waals surface area contributed by atoms with Gasteiger partial charge in [-0.3, -0.25) is 9.59 Å². The molecule has 0 aromatic rings. The van der Waals surface area contributed by atoms with Crippen LogP contribution >= 0.6 is 12.6 Å². The van der Waals surface area contributed by atoms with Crippen LogP contribution in [0.5, 0.6) is 0 Å². The number of rotatable bonds is 5. The number of hydrogen-bond acceptors (Lipinski definition) is 3. The highest BCUT2D eigenvalue weighted by atomic mass is 32.1. The van der Waals surface area contributed by atoms with Gasteiger partial charge in [0.15, 0.2) is 0 Å². The lowest BCUT2D eigenvalue weighted by Gasteiger charge is -2.29. The molecule has 0 aliphatic carbocycles. The van der Waals surface area contributed by atoms with Crippen molar-refractivity contribution >= 4 is 24.4 Å². The fourth-order valence-corrected chi connectivity index (χ4v) is 1.65. The topological polar surface area (TPSA) is 49.4 Å². The third kappa shape index (κ3) is 4.55. The average Bonchev–Trinajstić information content (AvgIpc) is 2.14. The molecule has 0 saturated heterocycles. The molecule has 1 atom stereocenters. The molecule has 88 valence electrons. The smallest absolute Gasteiger partial charge is 0.246 e. The summed E-state index contributed by atoms with van der Waals surface area (Å²) >= 11 is 4.07.